The minimum absolute atomic E-state index is 0.266. The van der Waals surface area contributed by atoms with Crippen molar-refractivity contribution >= 4 is 10.8 Å². The van der Waals surface area contributed by atoms with Gasteiger partial charge in [-0.25, -0.2) is 0 Å². The van der Waals surface area contributed by atoms with Gasteiger partial charge in [-0.3, -0.25) is 0 Å². The lowest BCUT2D eigenvalue weighted by atomic mass is 10.0. The Morgan fingerprint density at radius 1 is 0.833 bits per heavy atom. The van der Waals surface area contributed by atoms with Crippen molar-refractivity contribution in [1.29, 1.82) is 0 Å². The molecule has 3 heteroatoms. The van der Waals surface area contributed by atoms with Gasteiger partial charge in [0.15, 0.2) is 11.5 Å². The smallest absolute Gasteiger partial charge is 0.161 e. The molecule has 1 unspecified atom stereocenters. The first-order valence-corrected chi connectivity index (χ1v) is 8.14. The van der Waals surface area contributed by atoms with Gasteiger partial charge < -0.3 is 14.8 Å². The lowest BCUT2D eigenvalue weighted by molar-refractivity contribution is 0.354. The number of hydrogen-bond donors (Lipinski definition) is 1. The summed E-state index contributed by atoms with van der Waals surface area (Å²) in [6.07, 6.45) is 0. The van der Waals surface area contributed by atoms with E-state index >= 15 is 0 Å². The molecule has 0 fully saturated rings. The molecular weight excluding hydrogens is 298 g/mol. The van der Waals surface area contributed by atoms with E-state index in [4.69, 9.17) is 9.47 Å². The Labute approximate surface area is 143 Å². The molecule has 0 aliphatic heterocycles. The molecule has 1 N–H and O–H groups in total. The molecule has 0 amide bonds. The number of ether oxygens (including phenoxy) is 2. The second kappa shape index (κ2) is 7.37. The van der Waals surface area contributed by atoms with Gasteiger partial charge in [-0.05, 0) is 47.0 Å². The van der Waals surface area contributed by atoms with Crippen LogP contribution < -0.4 is 14.8 Å². The van der Waals surface area contributed by atoms with Crippen molar-refractivity contribution in [3.05, 3.63) is 71.8 Å². The van der Waals surface area contributed by atoms with Gasteiger partial charge in [-0.15, -0.1) is 0 Å². The van der Waals surface area contributed by atoms with Crippen LogP contribution >= 0.6 is 0 Å². The molecule has 0 aromatic heterocycles. The Morgan fingerprint density at radius 3 is 2.33 bits per heavy atom. The van der Waals surface area contributed by atoms with E-state index in [9.17, 15) is 0 Å². The summed E-state index contributed by atoms with van der Waals surface area (Å²) >= 11 is 0. The van der Waals surface area contributed by atoms with Crippen LogP contribution in [-0.4, -0.2) is 14.2 Å². The Bertz CT molecular complexity index is 829. The predicted molar refractivity (Wildman–Crippen MR) is 98.7 cm³/mol. The third-order valence-electron chi connectivity index (χ3n) is 4.33. The Morgan fingerprint density at radius 2 is 1.58 bits per heavy atom. The normalized spacial score (nSPS) is 12.1. The maximum Gasteiger partial charge on any atom is 0.161 e. The quantitative estimate of drug-likeness (QED) is 0.713. The minimum atomic E-state index is 0.266. The van der Waals surface area contributed by atoms with E-state index in [1.165, 1.54) is 21.9 Å². The van der Waals surface area contributed by atoms with E-state index in [0.717, 1.165) is 18.0 Å². The zero-order valence-electron chi connectivity index (χ0n) is 14.4. The van der Waals surface area contributed by atoms with Crippen molar-refractivity contribution in [3.63, 3.8) is 0 Å². The molecule has 0 spiro atoms. The summed E-state index contributed by atoms with van der Waals surface area (Å²) in [5.41, 5.74) is 2.45. The Kier molecular flexibility index (Phi) is 5.02. The van der Waals surface area contributed by atoms with Crippen molar-refractivity contribution in [2.24, 2.45) is 0 Å². The summed E-state index contributed by atoms with van der Waals surface area (Å²) in [5.74, 6) is 1.51. The maximum atomic E-state index is 5.36. The predicted octanol–water partition coefficient (Wildman–Crippen LogP) is 4.71. The van der Waals surface area contributed by atoms with E-state index in [2.05, 4.69) is 60.8 Å². The van der Waals surface area contributed by atoms with Crippen LogP contribution in [0, 0.1) is 0 Å². The molecule has 124 valence electrons. The third-order valence-corrected chi connectivity index (χ3v) is 4.33. The maximum absolute atomic E-state index is 5.36. The molecule has 0 aliphatic rings. The molecule has 3 aromatic carbocycles. The topological polar surface area (TPSA) is 30.5 Å². The highest BCUT2D eigenvalue weighted by Crippen LogP contribution is 2.28. The second-order valence-corrected chi connectivity index (χ2v) is 5.90. The summed E-state index contributed by atoms with van der Waals surface area (Å²) < 4.78 is 10.6. The highest BCUT2D eigenvalue weighted by atomic mass is 16.5. The SMILES string of the molecule is COc1ccc(CNC(C)c2ccc3ccccc3c2)cc1OC. The van der Waals surface area contributed by atoms with Crippen molar-refractivity contribution in [2.45, 2.75) is 19.5 Å². The second-order valence-electron chi connectivity index (χ2n) is 5.90. The molecule has 0 aliphatic carbocycles. The van der Waals surface area contributed by atoms with Crippen LogP contribution in [0.5, 0.6) is 11.5 Å². The number of methoxy groups -OCH3 is 2. The molecule has 0 heterocycles. The third kappa shape index (κ3) is 3.52. The number of fused-ring (bicyclic) bond motifs is 1. The molecule has 0 radical (unpaired) electrons. The average molecular weight is 321 g/mol. The van der Waals surface area contributed by atoms with Crippen LogP contribution in [0.4, 0.5) is 0 Å². The van der Waals surface area contributed by atoms with E-state index in [0.29, 0.717) is 0 Å². The number of hydrogen-bond acceptors (Lipinski definition) is 3. The van der Waals surface area contributed by atoms with Crippen molar-refractivity contribution in [1.82, 2.24) is 5.32 Å². The van der Waals surface area contributed by atoms with Crippen molar-refractivity contribution < 1.29 is 9.47 Å². The largest absolute Gasteiger partial charge is 0.493 e. The fourth-order valence-electron chi connectivity index (χ4n) is 2.86. The fraction of sp³-hybridized carbons (Fsp3) is 0.238. The summed E-state index contributed by atoms with van der Waals surface area (Å²) in [5, 5.41) is 6.12. The summed E-state index contributed by atoms with van der Waals surface area (Å²) in [4.78, 5) is 0. The molecule has 24 heavy (non-hydrogen) atoms. The first kappa shape index (κ1) is 16.3. The zero-order chi connectivity index (χ0) is 16.9. The van der Waals surface area contributed by atoms with Gasteiger partial charge in [0.25, 0.3) is 0 Å². The number of nitrogens with one attached hydrogen (secondary N) is 1. The van der Waals surface area contributed by atoms with Crippen molar-refractivity contribution in [3.8, 4) is 11.5 Å². The molecule has 3 aromatic rings. The number of rotatable bonds is 6. The van der Waals surface area contributed by atoms with Gasteiger partial charge in [0.05, 0.1) is 14.2 Å². The summed E-state index contributed by atoms with van der Waals surface area (Å²) in [6.45, 7) is 2.96. The highest BCUT2D eigenvalue weighted by Gasteiger charge is 2.08. The Hall–Kier alpha value is -2.52. The first-order chi connectivity index (χ1) is 11.7. The van der Waals surface area contributed by atoms with Crippen molar-refractivity contribution in [2.75, 3.05) is 14.2 Å². The lowest BCUT2D eigenvalue weighted by Crippen LogP contribution is -2.18. The zero-order valence-corrected chi connectivity index (χ0v) is 14.4. The molecule has 0 saturated heterocycles. The molecule has 3 nitrogen and oxygen atoms in total. The minimum Gasteiger partial charge on any atom is -0.493 e. The van der Waals surface area contributed by atoms with Gasteiger partial charge in [0.2, 0.25) is 0 Å². The Balaban J connectivity index is 1.71. The molecule has 0 bridgehead atoms. The molecule has 0 saturated carbocycles. The van der Waals surface area contributed by atoms with Crippen LogP contribution in [0.15, 0.2) is 60.7 Å². The first-order valence-electron chi connectivity index (χ1n) is 8.14. The van der Waals surface area contributed by atoms with E-state index in [1.807, 2.05) is 12.1 Å². The molecule has 1 atom stereocenters. The van der Waals surface area contributed by atoms with E-state index < -0.39 is 0 Å². The van der Waals surface area contributed by atoms with Gasteiger partial charge in [0.1, 0.15) is 0 Å². The van der Waals surface area contributed by atoms with Crippen LogP contribution in [0.1, 0.15) is 24.1 Å². The number of benzene rings is 3. The monoisotopic (exact) mass is 321 g/mol. The summed E-state index contributed by atoms with van der Waals surface area (Å²) in [6, 6.07) is 21.3. The van der Waals surface area contributed by atoms with Crippen LogP contribution in [0.3, 0.4) is 0 Å². The lowest BCUT2D eigenvalue weighted by Gasteiger charge is -2.16. The van der Waals surface area contributed by atoms with Crippen LogP contribution in [-0.2, 0) is 6.54 Å². The van der Waals surface area contributed by atoms with E-state index in [1.54, 1.807) is 14.2 Å². The highest BCUT2D eigenvalue weighted by molar-refractivity contribution is 5.83. The van der Waals surface area contributed by atoms with E-state index in [-0.39, 0.29) is 6.04 Å². The van der Waals surface area contributed by atoms with Crippen LogP contribution in [0.2, 0.25) is 0 Å². The van der Waals surface area contributed by atoms with Crippen LogP contribution in [0.25, 0.3) is 10.8 Å². The van der Waals surface area contributed by atoms with Gasteiger partial charge >= 0.3 is 0 Å². The van der Waals surface area contributed by atoms with Gasteiger partial charge in [0, 0.05) is 12.6 Å². The average Bonchev–Trinajstić information content (AvgIpc) is 2.65. The molecular formula is C21H23NO2. The fourth-order valence-corrected chi connectivity index (χ4v) is 2.86. The standard InChI is InChI=1S/C21H23NO2/c1-15(18-10-9-17-6-4-5-7-19(17)13-18)22-14-16-8-11-20(23-2)21(12-16)24-3/h4-13,15,22H,14H2,1-3H3. The van der Waals surface area contributed by atoms with Gasteiger partial charge in [-0.2, -0.15) is 0 Å². The summed E-state index contributed by atoms with van der Waals surface area (Å²) in [7, 11) is 3.31. The van der Waals surface area contributed by atoms with Gasteiger partial charge in [-0.1, -0.05) is 42.5 Å². The molecule has 3 rings (SSSR count).